The zero-order valence-corrected chi connectivity index (χ0v) is 23.4. The van der Waals surface area contributed by atoms with Crippen LogP contribution in [0.15, 0.2) is 54.9 Å². The number of Topliss-reactive ketones (excluding diaryl/α,β-unsaturated/α-hetero) is 1. The minimum Gasteiger partial charge on any atom is -0.354 e. The summed E-state index contributed by atoms with van der Waals surface area (Å²) in [6.45, 7) is 6.48. The van der Waals surface area contributed by atoms with Gasteiger partial charge in [0, 0.05) is 35.2 Å². The average Bonchev–Trinajstić information content (AvgIpc) is 3.48. The average molecular weight is 540 g/mol. The number of rotatable bonds is 9. The molecule has 0 aliphatic heterocycles. The van der Waals surface area contributed by atoms with Gasteiger partial charge < -0.3 is 10.6 Å². The Hall–Kier alpha value is -4.27. The monoisotopic (exact) mass is 539 g/mol. The Bertz CT molecular complexity index is 1430. The first-order valence-corrected chi connectivity index (χ1v) is 14.2. The second-order valence-electron chi connectivity index (χ2n) is 10.5. The quantitative estimate of drug-likeness (QED) is 0.177. The third kappa shape index (κ3) is 5.98. The number of nitrogens with one attached hydrogen (secondary N) is 3. The van der Waals surface area contributed by atoms with Gasteiger partial charge in [0.05, 0.1) is 29.3 Å². The summed E-state index contributed by atoms with van der Waals surface area (Å²) in [4.78, 5) is 31.6. The highest BCUT2D eigenvalue weighted by molar-refractivity contribution is 6.04. The van der Waals surface area contributed by atoms with E-state index in [1.807, 2.05) is 57.2 Å². The summed E-state index contributed by atoms with van der Waals surface area (Å²) in [6.07, 6.45) is 9.78. The molecule has 0 radical (unpaired) electrons. The zero-order valence-electron chi connectivity index (χ0n) is 23.4. The Kier molecular flexibility index (Phi) is 8.38. The van der Waals surface area contributed by atoms with Crippen molar-refractivity contribution in [2.45, 2.75) is 71.9 Å². The molecule has 0 unspecified atom stereocenters. The molecule has 0 bridgehead atoms. The molecule has 3 heterocycles. The van der Waals surface area contributed by atoms with Crippen molar-refractivity contribution >= 4 is 23.1 Å². The standard InChI is InChI=1S/C31H37N7O2/c1-4-38-27(17-18-33-38)31(40)35-29(22-9-7-5-6-8-10-22)30(39)23-11-13-24(14-12-23)34-25-15-16-26(32-19-25)28-20(2)36-37-21(28)3/h11-19,22,29,34H,4-10H2,1-3H3,(H,35,40)(H,36,37)/t29-/m0/s1. The van der Waals surface area contributed by atoms with Crippen LogP contribution in [0.3, 0.4) is 0 Å². The summed E-state index contributed by atoms with van der Waals surface area (Å²) in [5.41, 5.74) is 6.55. The molecule has 5 rings (SSSR count). The molecule has 1 amide bonds. The van der Waals surface area contributed by atoms with E-state index in [0.717, 1.165) is 59.7 Å². The minimum absolute atomic E-state index is 0.0498. The Morgan fingerprint density at radius 2 is 1.73 bits per heavy atom. The van der Waals surface area contributed by atoms with E-state index in [0.29, 0.717) is 17.8 Å². The molecule has 1 aliphatic carbocycles. The van der Waals surface area contributed by atoms with Gasteiger partial charge in [-0.15, -0.1) is 0 Å². The van der Waals surface area contributed by atoms with E-state index < -0.39 is 6.04 Å². The number of aryl methyl sites for hydroxylation is 3. The first-order valence-electron chi connectivity index (χ1n) is 14.2. The van der Waals surface area contributed by atoms with Gasteiger partial charge in [0.1, 0.15) is 5.69 Å². The largest absolute Gasteiger partial charge is 0.354 e. The van der Waals surface area contributed by atoms with Gasteiger partial charge in [-0.1, -0.05) is 25.7 Å². The fourth-order valence-electron chi connectivity index (χ4n) is 5.64. The molecule has 4 aromatic rings. The van der Waals surface area contributed by atoms with Crippen molar-refractivity contribution in [2.24, 2.45) is 5.92 Å². The van der Waals surface area contributed by atoms with Gasteiger partial charge in [-0.05, 0) is 82.0 Å². The fourth-order valence-corrected chi connectivity index (χ4v) is 5.64. The van der Waals surface area contributed by atoms with Gasteiger partial charge in [0.15, 0.2) is 5.78 Å². The van der Waals surface area contributed by atoms with Crippen LogP contribution in [0, 0.1) is 19.8 Å². The van der Waals surface area contributed by atoms with Crippen molar-refractivity contribution in [1.82, 2.24) is 30.3 Å². The highest BCUT2D eigenvalue weighted by atomic mass is 16.2. The van der Waals surface area contributed by atoms with Crippen LogP contribution in [0.4, 0.5) is 11.4 Å². The lowest BCUT2D eigenvalue weighted by atomic mass is 9.86. The van der Waals surface area contributed by atoms with E-state index in [4.69, 9.17) is 0 Å². The molecule has 40 heavy (non-hydrogen) atoms. The van der Waals surface area contributed by atoms with Crippen LogP contribution in [0.25, 0.3) is 11.3 Å². The minimum atomic E-state index is -0.573. The van der Waals surface area contributed by atoms with Crippen LogP contribution in [0.1, 0.15) is 77.7 Å². The predicted molar refractivity (Wildman–Crippen MR) is 156 cm³/mol. The number of benzene rings is 1. The first-order chi connectivity index (χ1) is 19.4. The predicted octanol–water partition coefficient (Wildman–Crippen LogP) is 6.00. The van der Waals surface area contributed by atoms with Gasteiger partial charge in [-0.3, -0.25) is 24.4 Å². The topological polar surface area (TPSA) is 118 Å². The smallest absolute Gasteiger partial charge is 0.270 e. The van der Waals surface area contributed by atoms with E-state index in [2.05, 4.69) is 30.9 Å². The van der Waals surface area contributed by atoms with E-state index in [9.17, 15) is 9.59 Å². The molecule has 1 aromatic carbocycles. The van der Waals surface area contributed by atoms with Crippen LogP contribution in [-0.2, 0) is 6.54 Å². The number of aromatic amines is 1. The van der Waals surface area contributed by atoms with Gasteiger partial charge in [0.25, 0.3) is 5.91 Å². The Labute approximate surface area is 234 Å². The van der Waals surface area contributed by atoms with Crippen LogP contribution in [0.2, 0.25) is 0 Å². The van der Waals surface area contributed by atoms with Crippen molar-refractivity contribution in [3.05, 3.63) is 77.5 Å². The SMILES string of the molecule is CCn1nccc1C(=O)N[C@H](C(=O)c1ccc(Nc2ccc(-c3c(C)n[nH]c3C)nc2)cc1)C1CCCCCC1. The molecular formula is C31H37N7O2. The molecule has 1 saturated carbocycles. The maximum atomic E-state index is 13.8. The molecule has 1 aliphatic rings. The van der Waals surface area contributed by atoms with Crippen LogP contribution >= 0.6 is 0 Å². The molecule has 208 valence electrons. The van der Waals surface area contributed by atoms with E-state index in [1.165, 1.54) is 12.8 Å². The van der Waals surface area contributed by atoms with Gasteiger partial charge in [-0.2, -0.15) is 10.2 Å². The number of hydrogen-bond donors (Lipinski definition) is 3. The third-order valence-corrected chi connectivity index (χ3v) is 7.79. The number of ketones is 1. The van der Waals surface area contributed by atoms with Crippen LogP contribution < -0.4 is 10.6 Å². The Morgan fingerprint density at radius 3 is 2.35 bits per heavy atom. The second-order valence-corrected chi connectivity index (χ2v) is 10.5. The molecule has 1 fully saturated rings. The number of hydrogen-bond acceptors (Lipinski definition) is 6. The maximum Gasteiger partial charge on any atom is 0.270 e. The van der Waals surface area contributed by atoms with E-state index in [1.54, 1.807) is 23.1 Å². The van der Waals surface area contributed by atoms with E-state index >= 15 is 0 Å². The number of pyridine rings is 1. The molecule has 1 atom stereocenters. The summed E-state index contributed by atoms with van der Waals surface area (Å²) in [5.74, 6) is -0.190. The molecule has 3 aromatic heterocycles. The van der Waals surface area contributed by atoms with Crippen molar-refractivity contribution in [2.75, 3.05) is 5.32 Å². The third-order valence-electron chi connectivity index (χ3n) is 7.79. The summed E-state index contributed by atoms with van der Waals surface area (Å²) in [7, 11) is 0. The Morgan fingerprint density at radius 1 is 1.00 bits per heavy atom. The fraction of sp³-hybridized carbons (Fsp3) is 0.387. The van der Waals surface area contributed by atoms with Gasteiger partial charge in [0.2, 0.25) is 0 Å². The number of anilines is 2. The first kappa shape index (κ1) is 27.3. The second kappa shape index (κ2) is 12.3. The molecule has 9 nitrogen and oxygen atoms in total. The summed E-state index contributed by atoms with van der Waals surface area (Å²) < 4.78 is 1.66. The number of nitrogens with zero attached hydrogens (tertiary/aromatic N) is 4. The number of carbonyl (C=O) groups is 2. The van der Waals surface area contributed by atoms with Gasteiger partial charge >= 0.3 is 0 Å². The lowest BCUT2D eigenvalue weighted by Gasteiger charge is -2.26. The molecule has 0 saturated heterocycles. The number of amides is 1. The summed E-state index contributed by atoms with van der Waals surface area (Å²) in [6, 6.07) is 12.5. The highest BCUT2D eigenvalue weighted by Crippen LogP contribution is 2.29. The highest BCUT2D eigenvalue weighted by Gasteiger charge is 2.32. The lowest BCUT2D eigenvalue weighted by molar-refractivity contribution is 0.0808. The van der Waals surface area contributed by atoms with Crippen LogP contribution in [0.5, 0.6) is 0 Å². The summed E-state index contributed by atoms with van der Waals surface area (Å²) in [5, 5.41) is 17.9. The molecule has 3 N–H and O–H groups in total. The van der Waals surface area contributed by atoms with Gasteiger partial charge in [-0.25, -0.2) is 0 Å². The normalized spacial score (nSPS) is 14.9. The molecule has 9 heteroatoms. The van der Waals surface area contributed by atoms with Crippen molar-refractivity contribution in [1.29, 1.82) is 0 Å². The molecule has 0 spiro atoms. The zero-order chi connectivity index (χ0) is 28.1. The summed E-state index contributed by atoms with van der Waals surface area (Å²) >= 11 is 0. The Balaban J connectivity index is 1.31. The van der Waals surface area contributed by atoms with Crippen molar-refractivity contribution in [3.8, 4) is 11.3 Å². The van der Waals surface area contributed by atoms with Crippen molar-refractivity contribution < 1.29 is 9.59 Å². The number of aromatic nitrogens is 5. The van der Waals surface area contributed by atoms with E-state index in [-0.39, 0.29) is 17.6 Å². The van der Waals surface area contributed by atoms with Crippen LogP contribution in [-0.4, -0.2) is 42.7 Å². The molecular weight excluding hydrogens is 502 g/mol. The maximum absolute atomic E-state index is 13.8. The lowest BCUT2D eigenvalue weighted by Crippen LogP contribution is -2.46. The number of H-pyrrole nitrogens is 1. The number of carbonyl (C=O) groups excluding carboxylic acids is 2. The van der Waals surface area contributed by atoms with Crippen molar-refractivity contribution in [3.63, 3.8) is 0 Å².